The van der Waals surface area contributed by atoms with Gasteiger partial charge >= 0.3 is 6.18 Å². The Morgan fingerprint density at radius 1 is 1.25 bits per heavy atom. The van der Waals surface area contributed by atoms with E-state index in [2.05, 4.69) is 4.98 Å². The van der Waals surface area contributed by atoms with Crippen molar-refractivity contribution in [2.45, 2.75) is 11.2 Å². The maximum absolute atomic E-state index is 12.6. The summed E-state index contributed by atoms with van der Waals surface area (Å²) in [6, 6.07) is 8.06. The molecule has 1 aromatic heterocycles. The van der Waals surface area contributed by atoms with Gasteiger partial charge in [-0.1, -0.05) is 23.7 Å². The van der Waals surface area contributed by atoms with Gasteiger partial charge in [-0.15, -0.1) is 0 Å². The minimum absolute atomic E-state index is 0.0271. The van der Waals surface area contributed by atoms with E-state index in [-0.39, 0.29) is 15.6 Å². The van der Waals surface area contributed by atoms with Crippen molar-refractivity contribution in [3.8, 4) is 6.07 Å². The largest absolute Gasteiger partial charge is 0.416 e. The van der Waals surface area contributed by atoms with Crippen LogP contribution in [-0.4, -0.2) is 13.4 Å². The van der Waals surface area contributed by atoms with Crippen molar-refractivity contribution in [1.29, 1.82) is 5.26 Å². The average molecular weight is 373 g/mol. The maximum atomic E-state index is 12.6. The molecular formula is C15H8ClF3N2O2S. The van der Waals surface area contributed by atoms with Crippen LogP contribution in [0.5, 0.6) is 0 Å². The Balaban J connectivity index is 2.51. The Hall–Kier alpha value is -2.37. The van der Waals surface area contributed by atoms with E-state index in [9.17, 15) is 21.6 Å². The Labute approximate surface area is 140 Å². The maximum Gasteiger partial charge on any atom is 0.416 e. The molecule has 1 heterocycles. The van der Waals surface area contributed by atoms with Crippen molar-refractivity contribution < 1.29 is 21.6 Å². The molecule has 0 unspecified atom stereocenters. The number of aromatic nitrogens is 1. The van der Waals surface area contributed by atoms with Crippen LogP contribution in [0.15, 0.2) is 52.5 Å². The zero-order valence-corrected chi connectivity index (χ0v) is 13.3. The molecule has 0 N–H and O–H groups in total. The normalized spacial score (nSPS) is 12.7. The molecule has 24 heavy (non-hydrogen) atoms. The molecule has 0 spiro atoms. The zero-order valence-electron chi connectivity index (χ0n) is 11.7. The molecule has 0 aliphatic carbocycles. The van der Waals surface area contributed by atoms with Gasteiger partial charge in [0.1, 0.15) is 6.07 Å². The van der Waals surface area contributed by atoms with Crippen LogP contribution in [0.3, 0.4) is 0 Å². The first kappa shape index (κ1) is 18.0. The molecule has 1 aromatic carbocycles. The molecule has 0 aliphatic heterocycles. The smallest absolute Gasteiger partial charge is 0.244 e. The van der Waals surface area contributed by atoms with Gasteiger partial charge in [-0.2, -0.15) is 18.4 Å². The van der Waals surface area contributed by atoms with E-state index >= 15 is 0 Å². The van der Waals surface area contributed by atoms with Crippen LogP contribution < -0.4 is 0 Å². The molecule has 9 heteroatoms. The van der Waals surface area contributed by atoms with Gasteiger partial charge in [-0.3, -0.25) is 0 Å². The van der Waals surface area contributed by atoms with Crippen LogP contribution in [0.2, 0.25) is 5.02 Å². The lowest BCUT2D eigenvalue weighted by molar-refractivity contribution is -0.137. The lowest BCUT2D eigenvalue weighted by Crippen LogP contribution is -2.06. The highest BCUT2D eigenvalue weighted by molar-refractivity contribution is 7.95. The third-order valence-electron chi connectivity index (χ3n) is 2.93. The zero-order chi connectivity index (χ0) is 18.0. The molecule has 0 aliphatic rings. The monoisotopic (exact) mass is 372 g/mol. The molecule has 0 saturated heterocycles. The van der Waals surface area contributed by atoms with Crippen molar-refractivity contribution in [2.24, 2.45) is 0 Å². The Morgan fingerprint density at radius 2 is 1.96 bits per heavy atom. The second-order valence-electron chi connectivity index (χ2n) is 4.53. The van der Waals surface area contributed by atoms with Gasteiger partial charge in [0, 0.05) is 11.2 Å². The second-order valence-corrected chi connectivity index (χ2v) is 6.80. The fourth-order valence-corrected chi connectivity index (χ4v) is 3.07. The van der Waals surface area contributed by atoms with Gasteiger partial charge in [0.05, 0.1) is 5.56 Å². The number of hydrogen-bond donors (Lipinski definition) is 0. The van der Waals surface area contributed by atoms with Gasteiger partial charge < -0.3 is 0 Å². The summed E-state index contributed by atoms with van der Waals surface area (Å²) in [4.78, 5) is 2.99. The minimum Gasteiger partial charge on any atom is -0.244 e. The molecule has 0 saturated carbocycles. The molecule has 0 bridgehead atoms. The van der Waals surface area contributed by atoms with E-state index in [1.807, 2.05) is 0 Å². The standard InChI is InChI=1S/C15H8ClF3N2O2S/c16-13-8-11(15(17,18)19)5-4-10(13)7-12(9-20)24(22,23)14-3-1-2-6-21-14/h1-8H/b12-7+. The number of sulfone groups is 1. The molecule has 0 atom stereocenters. The van der Waals surface area contributed by atoms with E-state index in [4.69, 9.17) is 16.9 Å². The van der Waals surface area contributed by atoms with Crippen molar-refractivity contribution in [3.05, 3.63) is 63.6 Å². The van der Waals surface area contributed by atoms with Crippen molar-refractivity contribution in [3.63, 3.8) is 0 Å². The summed E-state index contributed by atoms with van der Waals surface area (Å²) in [5.74, 6) is 0. The SMILES string of the molecule is N#C/C(=C\c1ccc(C(F)(F)F)cc1Cl)S(=O)(=O)c1ccccn1. The number of hydrogen-bond acceptors (Lipinski definition) is 4. The lowest BCUT2D eigenvalue weighted by atomic mass is 10.1. The number of nitriles is 1. The van der Waals surface area contributed by atoms with E-state index in [0.717, 1.165) is 18.2 Å². The molecule has 2 aromatic rings. The van der Waals surface area contributed by atoms with Gasteiger partial charge in [0.2, 0.25) is 9.84 Å². The molecule has 0 fully saturated rings. The van der Waals surface area contributed by atoms with E-state index in [1.54, 1.807) is 0 Å². The second kappa shape index (κ2) is 6.63. The summed E-state index contributed by atoms with van der Waals surface area (Å²) >= 11 is 5.77. The third-order valence-corrected chi connectivity index (χ3v) is 4.83. The fourth-order valence-electron chi connectivity index (χ4n) is 1.75. The Bertz CT molecular complexity index is 933. The number of alkyl halides is 3. The van der Waals surface area contributed by atoms with Crippen LogP contribution >= 0.6 is 11.6 Å². The molecule has 4 nitrogen and oxygen atoms in total. The number of allylic oxidation sites excluding steroid dienone is 1. The summed E-state index contributed by atoms with van der Waals surface area (Å²) < 4.78 is 62.5. The Kier molecular flexibility index (Phi) is 4.96. The van der Waals surface area contributed by atoms with E-state index in [0.29, 0.717) is 6.07 Å². The number of rotatable bonds is 3. The first-order valence-electron chi connectivity index (χ1n) is 6.31. The molecule has 0 amide bonds. The number of halogens is 4. The van der Waals surface area contributed by atoms with Crippen LogP contribution in [0.1, 0.15) is 11.1 Å². The molecular weight excluding hydrogens is 365 g/mol. The van der Waals surface area contributed by atoms with Crippen LogP contribution in [0.4, 0.5) is 13.2 Å². The lowest BCUT2D eigenvalue weighted by Gasteiger charge is -2.08. The van der Waals surface area contributed by atoms with Gasteiger partial charge in [-0.25, -0.2) is 13.4 Å². The summed E-state index contributed by atoms with van der Waals surface area (Å²) in [5.41, 5.74) is -1.00. The predicted molar refractivity (Wildman–Crippen MR) is 81.5 cm³/mol. The third kappa shape index (κ3) is 3.75. The number of pyridine rings is 1. The molecule has 124 valence electrons. The highest BCUT2D eigenvalue weighted by Gasteiger charge is 2.31. The summed E-state index contributed by atoms with van der Waals surface area (Å²) in [6.07, 6.45) is -2.43. The topological polar surface area (TPSA) is 70.8 Å². The highest BCUT2D eigenvalue weighted by Crippen LogP contribution is 2.33. The molecule has 2 rings (SSSR count). The van der Waals surface area contributed by atoms with Gasteiger partial charge in [-0.05, 0) is 35.9 Å². The van der Waals surface area contributed by atoms with E-state index in [1.165, 1.54) is 30.5 Å². The highest BCUT2D eigenvalue weighted by atomic mass is 35.5. The van der Waals surface area contributed by atoms with Crippen molar-refractivity contribution in [2.75, 3.05) is 0 Å². The predicted octanol–water partition coefficient (Wildman–Crippen LogP) is 4.09. The van der Waals surface area contributed by atoms with Crippen LogP contribution in [0.25, 0.3) is 6.08 Å². The van der Waals surface area contributed by atoms with Crippen LogP contribution in [0, 0.1) is 11.3 Å². The fraction of sp³-hybridized carbons (Fsp3) is 0.0667. The van der Waals surface area contributed by atoms with Gasteiger partial charge in [0.25, 0.3) is 0 Å². The first-order chi connectivity index (χ1) is 11.2. The number of nitrogens with zero attached hydrogens (tertiary/aromatic N) is 2. The minimum atomic E-state index is -4.58. The van der Waals surface area contributed by atoms with Gasteiger partial charge in [0.15, 0.2) is 9.93 Å². The Morgan fingerprint density at radius 3 is 2.46 bits per heavy atom. The summed E-state index contributed by atoms with van der Waals surface area (Å²) in [6.45, 7) is 0. The molecule has 0 radical (unpaired) electrons. The summed E-state index contributed by atoms with van der Waals surface area (Å²) in [7, 11) is -4.20. The van der Waals surface area contributed by atoms with Crippen LogP contribution in [-0.2, 0) is 16.0 Å². The quantitative estimate of drug-likeness (QED) is 0.761. The number of benzene rings is 1. The summed E-state index contributed by atoms with van der Waals surface area (Å²) in [5, 5.41) is 8.44. The first-order valence-corrected chi connectivity index (χ1v) is 8.17. The van der Waals surface area contributed by atoms with Crippen molar-refractivity contribution >= 4 is 27.5 Å². The van der Waals surface area contributed by atoms with E-state index < -0.39 is 26.5 Å². The van der Waals surface area contributed by atoms with Crippen molar-refractivity contribution in [1.82, 2.24) is 4.98 Å². The average Bonchev–Trinajstić information content (AvgIpc) is 2.53.